The summed E-state index contributed by atoms with van der Waals surface area (Å²) in [6, 6.07) is 0. The van der Waals surface area contributed by atoms with Gasteiger partial charge in [0.05, 0.1) is 6.61 Å². The quantitative estimate of drug-likeness (QED) is 0.487. The molecule has 0 unspecified atom stereocenters. The molecule has 0 aliphatic carbocycles. The van der Waals surface area contributed by atoms with Gasteiger partial charge in [-0.2, -0.15) is 0 Å². The van der Waals surface area contributed by atoms with Gasteiger partial charge in [0.15, 0.2) is 0 Å². The topological polar surface area (TPSA) is 40.5 Å². The predicted octanol–water partition coefficient (Wildman–Crippen LogP) is 1.09. The second-order valence-electron chi connectivity index (χ2n) is 3.17. The molecule has 12 heavy (non-hydrogen) atoms. The van der Waals surface area contributed by atoms with Crippen molar-refractivity contribution in [3.63, 3.8) is 0 Å². The molecule has 0 aromatic heterocycles. The van der Waals surface area contributed by atoms with Crippen LogP contribution in [0.5, 0.6) is 0 Å². The zero-order chi connectivity index (χ0) is 9.61. The molecule has 0 saturated carbocycles. The van der Waals surface area contributed by atoms with Crippen LogP contribution in [-0.2, 0) is 0 Å². The minimum Gasteiger partial charge on any atom is -0.392 e. The van der Waals surface area contributed by atoms with Gasteiger partial charge < -0.3 is 10.2 Å². The van der Waals surface area contributed by atoms with Gasteiger partial charge in [-0.25, -0.2) is 0 Å². The second kappa shape index (κ2) is 4.97. The third kappa shape index (κ3) is 4.95. The lowest BCUT2D eigenvalue weighted by Crippen LogP contribution is -2.20. The SMILES string of the molecule is C#C[C@@](C)(O)CC/C=C(\C)CO. The van der Waals surface area contributed by atoms with E-state index >= 15 is 0 Å². The van der Waals surface area contributed by atoms with Crippen molar-refractivity contribution in [1.82, 2.24) is 0 Å². The molecule has 0 aromatic carbocycles. The maximum Gasteiger partial charge on any atom is 0.122 e. The first-order valence-electron chi connectivity index (χ1n) is 3.98. The zero-order valence-corrected chi connectivity index (χ0v) is 7.67. The summed E-state index contributed by atoms with van der Waals surface area (Å²) < 4.78 is 0. The van der Waals surface area contributed by atoms with Crippen molar-refractivity contribution >= 4 is 0 Å². The van der Waals surface area contributed by atoms with Crippen LogP contribution in [0.2, 0.25) is 0 Å². The molecule has 0 amide bonds. The van der Waals surface area contributed by atoms with Crippen molar-refractivity contribution in [2.24, 2.45) is 0 Å². The Kier molecular flexibility index (Phi) is 4.65. The standard InChI is InChI=1S/C10H16O2/c1-4-10(3,12)7-5-6-9(2)8-11/h1,6,11-12H,5,7-8H2,2-3H3/b9-6+/t10-/m1/s1. The maximum atomic E-state index is 9.38. The van der Waals surface area contributed by atoms with Crippen LogP contribution in [0.4, 0.5) is 0 Å². The molecule has 2 N–H and O–H groups in total. The molecule has 0 aromatic rings. The van der Waals surface area contributed by atoms with Crippen LogP contribution in [-0.4, -0.2) is 22.4 Å². The maximum absolute atomic E-state index is 9.38. The molecule has 0 heterocycles. The van der Waals surface area contributed by atoms with E-state index in [1.54, 1.807) is 6.92 Å². The number of allylic oxidation sites excluding steroid dienone is 1. The highest BCUT2D eigenvalue weighted by Gasteiger charge is 2.14. The van der Waals surface area contributed by atoms with E-state index in [1.807, 2.05) is 13.0 Å². The Bertz CT molecular complexity index is 196. The first-order valence-corrected chi connectivity index (χ1v) is 3.98. The summed E-state index contributed by atoms with van der Waals surface area (Å²) >= 11 is 0. The Morgan fingerprint density at radius 1 is 1.67 bits per heavy atom. The fourth-order valence-corrected chi connectivity index (χ4v) is 0.736. The Labute approximate surface area is 73.9 Å². The van der Waals surface area contributed by atoms with Crippen LogP contribution in [0.15, 0.2) is 11.6 Å². The number of aliphatic hydroxyl groups excluding tert-OH is 1. The molecular weight excluding hydrogens is 152 g/mol. The largest absolute Gasteiger partial charge is 0.392 e. The first kappa shape index (κ1) is 11.2. The molecule has 0 spiro atoms. The summed E-state index contributed by atoms with van der Waals surface area (Å²) in [6.45, 7) is 3.51. The monoisotopic (exact) mass is 168 g/mol. The third-order valence-corrected chi connectivity index (χ3v) is 1.68. The van der Waals surface area contributed by atoms with Crippen LogP contribution in [0.3, 0.4) is 0 Å². The zero-order valence-electron chi connectivity index (χ0n) is 7.67. The smallest absolute Gasteiger partial charge is 0.122 e. The van der Waals surface area contributed by atoms with Crippen LogP contribution >= 0.6 is 0 Å². The van der Waals surface area contributed by atoms with E-state index in [0.29, 0.717) is 12.8 Å². The molecule has 68 valence electrons. The fourth-order valence-electron chi connectivity index (χ4n) is 0.736. The van der Waals surface area contributed by atoms with E-state index in [9.17, 15) is 5.11 Å². The normalized spacial score (nSPS) is 16.8. The van der Waals surface area contributed by atoms with Crippen LogP contribution < -0.4 is 0 Å². The highest BCUT2D eigenvalue weighted by molar-refractivity contribution is 5.06. The number of hydrogen-bond acceptors (Lipinski definition) is 2. The molecule has 0 rings (SSSR count). The Morgan fingerprint density at radius 3 is 2.67 bits per heavy atom. The summed E-state index contributed by atoms with van der Waals surface area (Å²) in [5.41, 5.74) is -0.116. The van der Waals surface area contributed by atoms with Crippen molar-refractivity contribution in [1.29, 1.82) is 0 Å². The van der Waals surface area contributed by atoms with E-state index < -0.39 is 5.60 Å². The molecular formula is C10H16O2. The van der Waals surface area contributed by atoms with Gasteiger partial charge in [-0.3, -0.25) is 0 Å². The molecule has 2 heteroatoms. The molecule has 1 atom stereocenters. The summed E-state index contributed by atoms with van der Waals surface area (Å²) in [7, 11) is 0. The number of aliphatic hydroxyl groups is 2. The Morgan fingerprint density at radius 2 is 2.25 bits per heavy atom. The van der Waals surface area contributed by atoms with Crippen molar-refractivity contribution in [2.75, 3.05) is 6.61 Å². The van der Waals surface area contributed by atoms with Gasteiger partial charge >= 0.3 is 0 Å². The van der Waals surface area contributed by atoms with Gasteiger partial charge in [-0.1, -0.05) is 17.6 Å². The lowest BCUT2D eigenvalue weighted by atomic mass is 10.0. The molecule has 0 radical (unpaired) electrons. The van der Waals surface area contributed by atoms with Crippen molar-refractivity contribution in [3.8, 4) is 12.3 Å². The highest BCUT2D eigenvalue weighted by Crippen LogP contribution is 2.11. The first-order chi connectivity index (χ1) is 5.52. The van der Waals surface area contributed by atoms with E-state index in [1.165, 1.54) is 0 Å². The van der Waals surface area contributed by atoms with Gasteiger partial charge in [0.25, 0.3) is 0 Å². The summed E-state index contributed by atoms with van der Waals surface area (Å²) in [5.74, 6) is 2.30. The van der Waals surface area contributed by atoms with E-state index in [-0.39, 0.29) is 6.61 Å². The average molecular weight is 168 g/mol. The third-order valence-electron chi connectivity index (χ3n) is 1.68. The molecule has 0 bridgehead atoms. The van der Waals surface area contributed by atoms with Gasteiger partial charge in [0.1, 0.15) is 5.60 Å². The molecule has 0 fully saturated rings. The predicted molar refractivity (Wildman–Crippen MR) is 49.5 cm³/mol. The lowest BCUT2D eigenvalue weighted by Gasteiger charge is -2.14. The summed E-state index contributed by atoms with van der Waals surface area (Å²) in [5, 5.41) is 18.0. The number of terminal acetylenes is 1. The molecule has 0 aliphatic rings. The summed E-state index contributed by atoms with van der Waals surface area (Å²) in [6.07, 6.45) is 8.19. The molecule has 0 saturated heterocycles. The second-order valence-corrected chi connectivity index (χ2v) is 3.17. The number of rotatable bonds is 4. The van der Waals surface area contributed by atoms with Crippen molar-refractivity contribution in [3.05, 3.63) is 11.6 Å². The van der Waals surface area contributed by atoms with E-state index in [0.717, 1.165) is 5.57 Å². The van der Waals surface area contributed by atoms with Crippen LogP contribution in [0, 0.1) is 12.3 Å². The minimum atomic E-state index is -1.02. The summed E-state index contributed by atoms with van der Waals surface area (Å²) in [4.78, 5) is 0. The van der Waals surface area contributed by atoms with Crippen molar-refractivity contribution < 1.29 is 10.2 Å². The fraction of sp³-hybridized carbons (Fsp3) is 0.600. The van der Waals surface area contributed by atoms with Gasteiger partial charge in [0.2, 0.25) is 0 Å². The van der Waals surface area contributed by atoms with E-state index in [2.05, 4.69) is 5.92 Å². The molecule has 0 aliphatic heterocycles. The minimum absolute atomic E-state index is 0.0677. The van der Waals surface area contributed by atoms with Crippen LogP contribution in [0.25, 0.3) is 0 Å². The van der Waals surface area contributed by atoms with Gasteiger partial charge in [-0.15, -0.1) is 6.42 Å². The molecule has 2 nitrogen and oxygen atoms in total. The Hall–Kier alpha value is -0.780. The van der Waals surface area contributed by atoms with Crippen molar-refractivity contribution in [2.45, 2.75) is 32.3 Å². The number of hydrogen-bond donors (Lipinski definition) is 2. The Balaban J connectivity index is 3.79. The van der Waals surface area contributed by atoms with Gasteiger partial charge in [0, 0.05) is 0 Å². The highest BCUT2D eigenvalue weighted by atomic mass is 16.3. The van der Waals surface area contributed by atoms with E-state index in [4.69, 9.17) is 11.5 Å². The average Bonchev–Trinajstić information content (AvgIpc) is 2.04. The van der Waals surface area contributed by atoms with Gasteiger partial charge in [-0.05, 0) is 26.7 Å². The lowest BCUT2D eigenvalue weighted by molar-refractivity contribution is 0.113. The van der Waals surface area contributed by atoms with Crippen LogP contribution in [0.1, 0.15) is 26.7 Å².